The fourth-order valence-electron chi connectivity index (χ4n) is 2.49. The van der Waals surface area contributed by atoms with E-state index >= 15 is 0 Å². The lowest BCUT2D eigenvalue weighted by atomic mass is 9.75. The minimum absolute atomic E-state index is 0.109. The maximum atomic E-state index is 12.6. The fraction of sp³-hybridized carbons (Fsp3) is 0.818. The van der Waals surface area contributed by atoms with Crippen LogP contribution in [-0.2, 0) is 13.5 Å². The molecule has 1 aromatic rings. The number of aromatic nitrogens is 3. The molecule has 1 aromatic heterocycles. The van der Waals surface area contributed by atoms with E-state index in [9.17, 15) is 13.2 Å². The number of hydrogen-bond donors (Lipinski definition) is 1. The van der Waals surface area contributed by atoms with Gasteiger partial charge in [0, 0.05) is 19.0 Å². The van der Waals surface area contributed by atoms with Crippen LogP contribution < -0.4 is 5.73 Å². The Morgan fingerprint density at radius 1 is 1.44 bits per heavy atom. The summed E-state index contributed by atoms with van der Waals surface area (Å²) in [5.41, 5.74) is 5.60. The third-order valence-electron chi connectivity index (χ3n) is 3.76. The van der Waals surface area contributed by atoms with Crippen molar-refractivity contribution < 1.29 is 13.2 Å². The van der Waals surface area contributed by atoms with Gasteiger partial charge in [-0.05, 0) is 25.7 Å². The van der Waals surface area contributed by atoms with Gasteiger partial charge < -0.3 is 5.73 Å². The second kappa shape index (κ2) is 4.53. The van der Waals surface area contributed by atoms with E-state index in [1.807, 2.05) is 0 Å². The third-order valence-corrected chi connectivity index (χ3v) is 3.76. The van der Waals surface area contributed by atoms with Crippen molar-refractivity contribution in [3.63, 3.8) is 0 Å². The maximum absolute atomic E-state index is 12.6. The molecule has 0 bridgehead atoms. The van der Waals surface area contributed by atoms with E-state index < -0.39 is 17.6 Å². The van der Waals surface area contributed by atoms with Crippen LogP contribution in [0.25, 0.3) is 0 Å². The number of rotatable bonds is 2. The molecule has 18 heavy (non-hydrogen) atoms. The van der Waals surface area contributed by atoms with Crippen LogP contribution in [0.15, 0.2) is 6.33 Å². The zero-order valence-corrected chi connectivity index (χ0v) is 10.2. The van der Waals surface area contributed by atoms with Crippen molar-refractivity contribution in [3.8, 4) is 0 Å². The summed E-state index contributed by atoms with van der Waals surface area (Å²) in [5.74, 6) is -0.475. The summed E-state index contributed by atoms with van der Waals surface area (Å²) in [6.07, 6.45) is -1.20. The summed E-state index contributed by atoms with van der Waals surface area (Å²) < 4.78 is 39.3. The second-order valence-corrected chi connectivity index (χ2v) is 5.15. The molecule has 0 radical (unpaired) electrons. The molecule has 1 fully saturated rings. The molecule has 1 saturated carbocycles. The largest absolute Gasteiger partial charge is 0.391 e. The average molecular weight is 262 g/mol. The predicted octanol–water partition coefficient (Wildman–Crippen LogP) is 1.81. The highest BCUT2D eigenvalue weighted by Gasteiger charge is 2.44. The van der Waals surface area contributed by atoms with E-state index in [4.69, 9.17) is 5.73 Å². The zero-order valence-electron chi connectivity index (χ0n) is 10.2. The van der Waals surface area contributed by atoms with Crippen molar-refractivity contribution in [1.29, 1.82) is 0 Å². The summed E-state index contributed by atoms with van der Waals surface area (Å²) in [5, 5.41) is 3.94. The number of nitrogens with two attached hydrogens (primary N) is 1. The van der Waals surface area contributed by atoms with Crippen LogP contribution in [0.1, 0.15) is 31.5 Å². The van der Waals surface area contributed by atoms with Gasteiger partial charge in [0.2, 0.25) is 0 Å². The molecule has 1 heterocycles. The van der Waals surface area contributed by atoms with Crippen LogP contribution in [0.2, 0.25) is 0 Å². The highest BCUT2D eigenvalue weighted by molar-refractivity contribution is 5.00. The zero-order chi connectivity index (χ0) is 13.4. The SMILES string of the molecule is Cn1ncnc1CC1(N)CCC(C(F)(F)F)CC1. The first-order valence-electron chi connectivity index (χ1n) is 5.99. The van der Waals surface area contributed by atoms with E-state index in [0.29, 0.717) is 19.3 Å². The second-order valence-electron chi connectivity index (χ2n) is 5.15. The first kappa shape index (κ1) is 13.3. The molecule has 102 valence electrons. The van der Waals surface area contributed by atoms with Gasteiger partial charge in [-0.3, -0.25) is 4.68 Å². The molecule has 4 nitrogen and oxygen atoms in total. The molecule has 7 heteroatoms. The van der Waals surface area contributed by atoms with Crippen LogP contribution >= 0.6 is 0 Å². The number of aryl methyl sites for hydroxylation is 1. The Morgan fingerprint density at radius 2 is 2.06 bits per heavy atom. The molecular weight excluding hydrogens is 245 g/mol. The van der Waals surface area contributed by atoms with E-state index in [1.165, 1.54) is 6.33 Å². The van der Waals surface area contributed by atoms with Crippen molar-refractivity contribution in [2.45, 2.75) is 43.8 Å². The van der Waals surface area contributed by atoms with E-state index in [2.05, 4.69) is 10.1 Å². The Hall–Kier alpha value is -1.11. The van der Waals surface area contributed by atoms with Gasteiger partial charge in [-0.15, -0.1) is 0 Å². The Labute approximate surface area is 103 Å². The molecule has 1 aliphatic rings. The standard InChI is InChI=1S/C11H17F3N4/c1-18-9(16-7-17-18)6-10(15)4-2-8(3-5-10)11(12,13)14/h7-8H,2-6,15H2,1H3. The van der Waals surface area contributed by atoms with Crippen molar-refractivity contribution in [1.82, 2.24) is 14.8 Å². The molecule has 0 aromatic carbocycles. The third kappa shape index (κ3) is 2.82. The number of nitrogens with zero attached hydrogens (tertiary/aromatic N) is 3. The Balaban J connectivity index is 1.97. The number of hydrogen-bond acceptors (Lipinski definition) is 3. The monoisotopic (exact) mass is 262 g/mol. The van der Waals surface area contributed by atoms with Gasteiger partial charge in [0.15, 0.2) is 0 Å². The van der Waals surface area contributed by atoms with Crippen molar-refractivity contribution in [2.24, 2.45) is 18.7 Å². The first-order chi connectivity index (χ1) is 8.30. The summed E-state index contributed by atoms with van der Waals surface area (Å²) in [6, 6.07) is 0. The molecular formula is C11H17F3N4. The quantitative estimate of drug-likeness (QED) is 0.884. The molecule has 0 amide bonds. The summed E-state index contributed by atoms with van der Waals surface area (Å²) in [6.45, 7) is 0. The topological polar surface area (TPSA) is 56.7 Å². The molecule has 0 unspecified atom stereocenters. The van der Waals surface area contributed by atoms with E-state index in [1.54, 1.807) is 11.7 Å². The maximum Gasteiger partial charge on any atom is 0.391 e. The number of alkyl halides is 3. The fourth-order valence-corrected chi connectivity index (χ4v) is 2.49. The van der Waals surface area contributed by atoms with Crippen LogP contribution in [0.5, 0.6) is 0 Å². The van der Waals surface area contributed by atoms with Gasteiger partial charge in [0.05, 0.1) is 5.92 Å². The summed E-state index contributed by atoms with van der Waals surface area (Å²) in [4.78, 5) is 4.07. The normalized spacial score (nSPS) is 29.5. The number of halogens is 3. The Morgan fingerprint density at radius 3 is 2.50 bits per heavy atom. The molecule has 0 spiro atoms. The van der Waals surface area contributed by atoms with Gasteiger partial charge in [-0.2, -0.15) is 18.3 Å². The molecule has 1 aliphatic carbocycles. The molecule has 0 aliphatic heterocycles. The van der Waals surface area contributed by atoms with Crippen molar-refractivity contribution >= 4 is 0 Å². The van der Waals surface area contributed by atoms with Crippen molar-refractivity contribution in [2.75, 3.05) is 0 Å². The van der Waals surface area contributed by atoms with Gasteiger partial charge in [-0.25, -0.2) is 4.98 Å². The molecule has 2 rings (SSSR count). The summed E-state index contributed by atoms with van der Waals surface area (Å²) in [7, 11) is 1.76. The highest BCUT2D eigenvalue weighted by atomic mass is 19.4. The lowest BCUT2D eigenvalue weighted by Crippen LogP contribution is -2.47. The van der Waals surface area contributed by atoms with Crippen LogP contribution in [0, 0.1) is 5.92 Å². The Bertz CT molecular complexity index is 405. The van der Waals surface area contributed by atoms with Crippen LogP contribution in [0.3, 0.4) is 0 Å². The molecule has 0 atom stereocenters. The van der Waals surface area contributed by atoms with Crippen LogP contribution in [-0.4, -0.2) is 26.5 Å². The van der Waals surface area contributed by atoms with Gasteiger partial charge in [0.25, 0.3) is 0 Å². The minimum Gasteiger partial charge on any atom is -0.325 e. The molecule has 2 N–H and O–H groups in total. The lowest BCUT2D eigenvalue weighted by molar-refractivity contribution is -0.184. The van der Waals surface area contributed by atoms with Crippen molar-refractivity contribution in [3.05, 3.63) is 12.2 Å². The van der Waals surface area contributed by atoms with Gasteiger partial charge >= 0.3 is 6.18 Å². The average Bonchev–Trinajstić information content (AvgIpc) is 2.63. The van der Waals surface area contributed by atoms with Crippen LogP contribution in [0.4, 0.5) is 13.2 Å². The van der Waals surface area contributed by atoms with Gasteiger partial charge in [-0.1, -0.05) is 0 Å². The first-order valence-corrected chi connectivity index (χ1v) is 5.99. The van der Waals surface area contributed by atoms with E-state index in [-0.39, 0.29) is 12.8 Å². The lowest BCUT2D eigenvalue weighted by Gasteiger charge is -2.37. The Kier molecular flexibility index (Phi) is 3.35. The molecule has 0 saturated heterocycles. The summed E-state index contributed by atoms with van der Waals surface area (Å²) >= 11 is 0. The predicted molar refractivity (Wildman–Crippen MR) is 59.6 cm³/mol. The highest BCUT2D eigenvalue weighted by Crippen LogP contribution is 2.41. The van der Waals surface area contributed by atoms with Gasteiger partial charge in [0.1, 0.15) is 12.2 Å². The minimum atomic E-state index is -4.09. The van der Waals surface area contributed by atoms with E-state index in [0.717, 1.165) is 5.82 Å². The smallest absolute Gasteiger partial charge is 0.325 e.